The van der Waals surface area contributed by atoms with E-state index < -0.39 is 0 Å². The van der Waals surface area contributed by atoms with E-state index in [0.717, 1.165) is 12.0 Å². The molecule has 0 bridgehead atoms. The van der Waals surface area contributed by atoms with E-state index >= 15 is 0 Å². The predicted molar refractivity (Wildman–Crippen MR) is 123 cm³/mol. The van der Waals surface area contributed by atoms with Gasteiger partial charge in [0.15, 0.2) is 0 Å². The number of benzene rings is 2. The summed E-state index contributed by atoms with van der Waals surface area (Å²) in [6, 6.07) is 14.1. The molecule has 1 unspecified atom stereocenters. The van der Waals surface area contributed by atoms with Crippen molar-refractivity contribution in [2.75, 3.05) is 42.9 Å². The van der Waals surface area contributed by atoms with Crippen LogP contribution < -0.4 is 15.5 Å². The predicted octanol–water partition coefficient (Wildman–Crippen LogP) is 1.96. The third-order valence-electron chi connectivity index (χ3n) is 6.05. The Hall–Kier alpha value is -3.75. The molecule has 2 N–H and O–H groups in total. The molecule has 1 atom stereocenters. The number of piperazine rings is 1. The van der Waals surface area contributed by atoms with E-state index in [-0.39, 0.29) is 30.2 Å². The van der Waals surface area contributed by atoms with E-state index in [9.17, 15) is 14.0 Å². The normalized spacial score (nSPS) is 18.5. The molecular formula is C24H25FN6O2. The number of hydrogen-bond donors (Lipinski definition) is 2. The summed E-state index contributed by atoms with van der Waals surface area (Å²) in [5, 5.41) is 6.83. The molecule has 5 rings (SSSR count). The molecule has 3 aromatic rings. The van der Waals surface area contributed by atoms with Crippen molar-refractivity contribution in [3.8, 4) is 0 Å². The molecule has 2 saturated heterocycles. The summed E-state index contributed by atoms with van der Waals surface area (Å²) in [7, 11) is 0. The molecule has 2 aliphatic rings. The van der Waals surface area contributed by atoms with Crippen LogP contribution in [0.1, 0.15) is 12.0 Å². The summed E-state index contributed by atoms with van der Waals surface area (Å²) in [6.45, 7) is 2.53. The molecule has 2 fully saturated rings. The van der Waals surface area contributed by atoms with Gasteiger partial charge in [-0.3, -0.25) is 9.59 Å². The average Bonchev–Trinajstić information content (AvgIpc) is 3.27. The van der Waals surface area contributed by atoms with Crippen LogP contribution in [0.4, 0.5) is 16.2 Å². The number of amides is 2. The lowest BCUT2D eigenvalue weighted by atomic mass is 10.1. The van der Waals surface area contributed by atoms with E-state index in [4.69, 9.17) is 0 Å². The van der Waals surface area contributed by atoms with Gasteiger partial charge in [-0.2, -0.15) is 4.98 Å². The third kappa shape index (κ3) is 4.72. The van der Waals surface area contributed by atoms with Gasteiger partial charge in [0.2, 0.25) is 17.8 Å². The Balaban J connectivity index is 1.33. The van der Waals surface area contributed by atoms with E-state index in [2.05, 4.69) is 20.6 Å². The zero-order valence-electron chi connectivity index (χ0n) is 18.1. The minimum atomic E-state index is -0.381. The van der Waals surface area contributed by atoms with Crippen molar-refractivity contribution >= 4 is 34.5 Å². The van der Waals surface area contributed by atoms with E-state index in [0.29, 0.717) is 55.3 Å². The van der Waals surface area contributed by atoms with Crippen molar-refractivity contribution in [3.05, 3.63) is 59.9 Å². The number of anilines is 2. The Kier molecular flexibility index (Phi) is 5.77. The molecule has 9 heteroatoms. The van der Waals surface area contributed by atoms with E-state index in [1.165, 1.54) is 12.1 Å². The van der Waals surface area contributed by atoms with Crippen LogP contribution in [-0.4, -0.2) is 65.4 Å². The first-order valence-corrected chi connectivity index (χ1v) is 11.1. The van der Waals surface area contributed by atoms with Crippen LogP contribution in [0.15, 0.2) is 48.5 Å². The number of likely N-dealkylation sites (tertiary alicyclic amines) is 1. The lowest BCUT2D eigenvalue weighted by Crippen LogP contribution is -2.48. The summed E-state index contributed by atoms with van der Waals surface area (Å²) >= 11 is 0. The number of aromatic nitrogens is 2. The third-order valence-corrected chi connectivity index (χ3v) is 6.05. The highest BCUT2D eigenvalue weighted by Gasteiger charge is 2.27. The fourth-order valence-electron chi connectivity index (χ4n) is 4.38. The Labute approximate surface area is 190 Å². The highest BCUT2D eigenvalue weighted by Crippen LogP contribution is 2.27. The zero-order chi connectivity index (χ0) is 22.8. The van der Waals surface area contributed by atoms with Crippen LogP contribution in [0.5, 0.6) is 0 Å². The highest BCUT2D eigenvalue weighted by atomic mass is 19.1. The molecule has 0 aliphatic carbocycles. The fraction of sp³-hybridized carbons (Fsp3) is 0.333. The lowest BCUT2D eigenvalue weighted by molar-refractivity contribution is -0.129. The van der Waals surface area contributed by atoms with Crippen molar-refractivity contribution in [2.24, 2.45) is 0 Å². The number of halogens is 1. The number of hydrogen-bond acceptors (Lipinski definition) is 6. The number of carbonyl (C=O) groups excluding carboxylic acids is 2. The molecule has 1 aromatic heterocycles. The topological polar surface area (TPSA) is 90.5 Å². The fourth-order valence-corrected chi connectivity index (χ4v) is 4.38. The second-order valence-corrected chi connectivity index (χ2v) is 8.44. The van der Waals surface area contributed by atoms with Gasteiger partial charge in [-0.05, 0) is 24.1 Å². The maximum absolute atomic E-state index is 13.9. The molecule has 2 aliphatic heterocycles. The molecular weight excluding hydrogens is 423 g/mol. The maximum Gasteiger partial charge on any atom is 0.239 e. The standard InChI is InChI=1S/C24H25FN6O2/c25-17-6-7-19-20(13-17)28-24(29-23(19)31-11-9-26-21(32)15-31)27-18-8-10-30(14-18)22(33)12-16-4-2-1-3-5-16/h1-7,13,18H,8-12,14-15H2,(H,26,32)(H,27,28,29). The average molecular weight is 449 g/mol. The molecule has 170 valence electrons. The summed E-state index contributed by atoms with van der Waals surface area (Å²) in [5.74, 6) is 0.608. The van der Waals surface area contributed by atoms with Gasteiger partial charge in [0.05, 0.1) is 18.5 Å². The quantitative estimate of drug-likeness (QED) is 0.620. The van der Waals surface area contributed by atoms with Crippen molar-refractivity contribution in [1.82, 2.24) is 20.2 Å². The van der Waals surface area contributed by atoms with Gasteiger partial charge >= 0.3 is 0 Å². The van der Waals surface area contributed by atoms with Crippen LogP contribution in [0.3, 0.4) is 0 Å². The molecule has 3 heterocycles. The van der Waals surface area contributed by atoms with Crippen molar-refractivity contribution in [2.45, 2.75) is 18.9 Å². The monoisotopic (exact) mass is 448 g/mol. The van der Waals surface area contributed by atoms with Crippen molar-refractivity contribution in [3.63, 3.8) is 0 Å². The van der Waals surface area contributed by atoms with Gasteiger partial charge < -0.3 is 20.4 Å². The number of nitrogens with zero attached hydrogens (tertiary/aromatic N) is 4. The van der Waals surface area contributed by atoms with Gasteiger partial charge in [-0.25, -0.2) is 9.37 Å². The van der Waals surface area contributed by atoms with Gasteiger partial charge in [0.1, 0.15) is 11.6 Å². The molecule has 0 spiro atoms. The summed E-state index contributed by atoms with van der Waals surface area (Å²) in [4.78, 5) is 37.6. The molecule has 2 amide bonds. The Bertz CT molecular complexity index is 1190. The second-order valence-electron chi connectivity index (χ2n) is 8.44. The van der Waals surface area contributed by atoms with Crippen LogP contribution in [0.25, 0.3) is 10.9 Å². The summed E-state index contributed by atoms with van der Waals surface area (Å²) < 4.78 is 13.9. The molecule has 2 aromatic carbocycles. The van der Waals surface area contributed by atoms with Gasteiger partial charge in [0, 0.05) is 43.7 Å². The number of carbonyl (C=O) groups is 2. The van der Waals surface area contributed by atoms with Crippen LogP contribution >= 0.6 is 0 Å². The van der Waals surface area contributed by atoms with E-state index in [1.807, 2.05) is 40.1 Å². The maximum atomic E-state index is 13.9. The highest BCUT2D eigenvalue weighted by molar-refractivity contribution is 5.93. The van der Waals surface area contributed by atoms with Crippen LogP contribution in [-0.2, 0) is 16.0 Å². The lowest BCUT2D eigenvalue weighted by Gasteiger charge is -2.29. The first-order chi connectivity index (χ1) is 16.0. The van der Waals surface area contributed by atoms with E-state index in [1.54, 1.807) is 6.07 Å². The van der Waals surface area contributed by atoms with Crippen molar-refractivity contribution < 1.29 is 14.0 Å². The smallest absolute Gasteiger partial charge is 0.239 e. The Morgan fingerprint density at radius 2 is 2.00 bits per heavy atom. The Morgan fingerprint density at radius 1 is 1.15 bits per heavy atom. The largest absolute Gasteiger partial charge is 0.353 e. The summed E-state index contributed by atoms with van der Waals surface area (Å²) in [6.07, 6.45) is 1.15. The van der Waals surface area contributed by atoms with Gasteiger partial charge in [-0.15, -0.1) is 0 Å². The molecule has 0 radical (unpaired) electrons. The van der Waals surface area contributed by atoms with Crippen LogP contribution in [0.2, 0.25) is 0 Å². The number of fused-ring (bicyclic) bond motifs is 1. The SMILES string of the molecule is O=C1CN(c2nc(NC3CCN(C(=O)Cc4ccccc4)C3)nc3cc(F)ccc23)CCN1. The minimum absolute atomic E-state index is 0.00626. The van der Waals surface area contributed by atoms with Gasteiger partial charge in [0.25, 0.3) is 0 Å². The van der Waals surface area contributed by atoms with Crippen LogP contribution in [0, 0.1) is 5.82 Å². The zero-order valence-corrected chi connectivity index (χ0v) is 18.1. The molecule has 8 nitrogen and oxygen atoms in total. The molecule has 33 heavy (non-hydrogen) atoms. The first kappa shape index (κ1) is 21.1. The minimum Gasteiger partial charge on any atom is -0.353 e. The second kappa shape index (κ2) is 9.01. The molecule has 0 saturated carbocycles. The van der Waals surface area contributed by atoms with Crippen molar-refractivity contribution in [1.29, 1.82) is 0 Å². The number of nitrogens with one attached hydrogen (secondary N) is 2. The van der Waals surface area contributed by atoms with Gasteiger partial charge in [-0.1, -0.05) is 30.3 Å². The summed E-state index contributed by atoms with van der Waals surface area (Å²) in [5.41, 5.74) is 1.47. The number of rotatable bonds is 5. The first-order valence-electron chi connectivity index (χ1n) is 11.1. The Morgan fingerprint density at radius 3 is 2.82 bits per heavy atom.